The van der Waals surface area contributed by atoms with Gasteiger partial charge in [0.25, 0.3) is 0 Å². The van der Waals surface area contributed by atoms with Gasteiger partial charge in [-0.25, -0.2) is 13.1 Å². The predicted octanol–water partition coefficient (Wildman–Crippen LogP) is 3.04. The summed E-state index contributed by atoms with van der Waals surface area (Å²) in [7, 11) is -0.384. The molecule has 3 aromatic rings. The molecule has 0 atom stereocenters. The molecule has 8 nitrogen and oxygen atoms in total. The number of ether oxygens (including phenoxy) is 2. The van der Waals surface area contributed by atoms with Crippen LogP contribution in [0.25, 0.3) is 10.9 Å². The standard InChI is InChI=1S/C25H31ClN4O4S/c1-33-22-7-5-19(18-23(22)34-2)9-12-29-14-16-30(17-15-29)13-11-28-35(31,32)24-8-6-21(26)25-20(24)4-3-10-27-25/h3-8,10,18,28H,9,11-17H2,1-2H3. The lowest BCUT2D eigenvalue weighted by Crippen LogP contribution is -2.48. The van der Waals surface area contributed by atoms with Crippen molar-refractivity contribution in [2.45, 2.75) is 11.3 Å². The summed E-state index contributed by atoms with van der Waals surface area (Å²) in [6.45, 7) is 5.68. The number of methoxy groups -OCH3 is 2. The molecule has 188 valence electrons. The molecular formula is C25H31ClN4O4S. The average Bonchev–Trinajstić information content (AvgIpc) is 2.88. The van der Waals surface area contributed by atoms with E-state index in [1.165, 1.54) is 11.6 Å². The minimum Gasteiger partial charge on any atom is -0.493 e. The van der Waals surface area contributed by atoms with Crippen molar-refractivity contribution in [1.29, 1.82) is 0 Å². The molecule has 35 heavy (non-hydrogen) atoms. The Morgan fingerprint density at radius 1 is 0.971 bits per heavy atom. The SMILES string of the molecule is COc1ccc(CCN2CCN(CCNS(=O)(=O)c3ccc(Cl)c4ncccc34)CC2)cc1OC. The zero-order chi connectivity index (χ0) is 24.8. The lowest BCUT2D eigenvalue weighted by Gasteiger charge is -2.34. The number of rotatable bonds is 10. The lowest BCUT2D eigenvalue weighted by atomic mass is 10.1. The van der Waals surface area contributed by atoms with Crippen molar-refractivity contribution in [1.82, 2.24) is 19.5 Å². The van der Waals surface area contributed by atoms with E-state index >= 15 is 0 Å². The maximum absolute atomic E-state index is 12.9. The van der Waals surface area contributed by atoms with E-state index in [1.54, 1.807) is 38.6 Å². The number of pyridine rings is 1. The van der Waals surface area contributed by atoms with Gasteiger partial charge in [-0.2, -0.15) is 0 Å². The largest absolute Gasteiger partial charge is 0.493 e. The van der Waals surface area contributed by atoms with Gasteiger partial charge in [0.1, 0.15) is 0 Å². The Balaban J connectivity index is 1.24. The van der Waals surface area contributed by atoms with Gasteiger partial charge in [-0.1, -0.05) is 17.7 Å². The van der Waals surface area contributed by atoms with Crippen molar-refractivity contribution < 1.29 is 17.9 Å². The Hall–Kier alpha value is -2.43. The predicted molar refractivity (Wildman–Crippen MR) is 138 cm³/mol. The van der Waals surface area contributed by atoms with Crippen molar-refractivity contribution in [3.8, 4) is 11.5 Å². The number of nitrogens with one attached hydrogen (secondary N) is 1. The molecule has 4 rings (SSSR count). The zero-order valence-electron chi connectivity index (χ0n) is 20.0. The number of aromatic nitrogens is 1. The molecule has 0 aliphatic carbocycles. The van der Waals surface area contributed by atoms with Crippen LogP contribution in [0.3, 0.4) is 0 Å². The van der Waals surface area contributed by atoms with Gasteiger partial charge in [0.15, 0.2) is 11.5 Å². The molecule has 1 aliphatic heterocycles. The maximum Gasteiger partial charge on any atom is 0.241 e. The molecule has 0 bridgehead atoms. The van der Waals surface area contributed by atoms with Crippen molar-refractivity contribution in [2.24, 2.45) is 0 Å². The van der Waals surface area contributed by atoms with Gasteiger partial charge < -0.3 is 14.4 Å². The summed E-state index contributed by atoms with van der Waals surface area (Å²) < 4.78 is 39.3. The lowest BCUT2D eigenvalue weighted by molar-refractivity contribution is 0.135. The number of benzene rings is 2. The smallest absolute Gasteiger partial charge is 0.241 e. The van der Waals surface area contributed by atoms with Gasteiger partial charge in [0, 0.05) is 57.4 Å². The van der Waals surface area contributed by atoms with Crippen LogP contribution in [0.5, 0.6) is 11.5 Å². The molecule has 1 aliphatic rings. The van der Waals surface area contributed by atoms with Crippen molar-refractivity contribution in [2.75, 3.05) is 60.0 Å². The molecule has 0 unspecified atom stereocenters. The van der Waals surface area contributed by atoms with Crippen LogP contribution in [0.1, 0.15) is 5.56 Å². The topological polar surface area (TPSA) is 84.0 Å². The van der Waals surface area contributed by atoms with E-state index in [0.29, 0.717) is 29.0 Å². The highest BCUT2D eigenvalue weighted by Crippen LogP contribution is 2.28. The fraction of sp³-hybridized carbons (Fsp3) is 0.400. The van der Waals surface area contributed by atoms with Crippen molar-refractivity contribution >= 4 is 32.5 Å². The summed E-state index contributed by atoms with van der Waals surface area (Å²) in [5.74, 6) is 1.49. The molecule has 1 N–H and O–H groups in total. The molecule has 0 spiro atoms. The molecule has 1 saturated heterocycles. The monoisotopic (exact) mass is 518 g/mol. The Morgan fingerprint density at radius 2 is 1.69 bits per heavy atom. The average molecular weight is 519 g/mol. The highest BCUT2D eigenvalue weighted by atomic mass is 35.5. The van der Waals surface area contributed by atoms with Crippen LogP contribution in [0.2, 0.25) is 5.02 Å². The van der Waals surface area contributed by atoms with Crippen LogP contribution in [0.4, 0.5) is 0 Å². The van der Waals surface area contributed by atoms with E-state index in [0.717, 1.165) is 50.6 Å². The van der Waals surface area contributed by atoms with Gasteiger partial charge in [-0.05, 0) is 48.4 Å². The van der Waals surface area contributed by atoms with E-state index in [4.69, 9.17) is 21.1 Å². The summed E-state index contributed by atoms with van der Waals surface area (Å²) in [5.41, 5.74) is 1.70. The number of sulfonamides is 1. The summed E-state index contributed by atoms with van der Waals surface area (Å²) >= 11 is 6.18. The minimum absolute atomic E-state index is 0.199. The molecule has 2 heterocycles. The van der Waals surface area contributed by atoms with E-state index in [2.05, 4.69) is 25.6 Å². The number of halogens is 1. The Bertz CT molecular complexity index is 1260. The molecule has 2 aromatic carbocycles. The molecule has 0 saturated carbocycles. The first-order valence-corrected chi connectivity index (χ1v) is 13.5. The zero-order valence-corrected chi connectivity index (χ0v) is 21.6. The number of nitrogens with zero attached hydrogens (tertiary/aromatic N) is 3. The summed E-state index contributed by atoms with van der Waals surface area (Å²) in [5, 5.41) is 0.958. The summed E-state index contributed by atoms with van der Waals surface area (Å²) in [4.78, 5) is 9.14. The van der Waals surface area contributed by atoms with E-state index in [9.17, 15) is 8.42 Å². The van der Waals surface area contributed by atoms with Crippen LogP contribution in [0, 0.1) is 0 Å². The van der Waals surface area contributed by atoms with Crippen LogP contribution in [-0.2, 0) is 16.4 Å². The van der Waals surface area contributed by atoms with E-state index in [1.807, 2.05) is 12.1 Å². The number of hydrogen-bond acceptors (Lipinski definition) is 7. The van der Waals surface area contributed by atoms with Crippen molar-refractivity contribution in [3.63, 3.8) is 0 Å². The van der Waals surface area contributed by atoms with Crippen LogP contribution in [-0.4, -0.2) is 83.2 Å². The number of piperazine rings is 1. The molecule has 0 radical (unpaired) electrons. The van der Waals surface area contributed by atoms with Crippen LogP contribution < -0.4 is 14.2 Å². The van der Waals surface area contributed by atoms with Gasteiger partial charge in [0.2, 0.25) is 10.0 Å². The first-order chi connectivity index (χ1) is 16.9. The maximum atomic E-state index is 12.9. The Morgan fingerprint density at radius 3 is 2.40 bits per heavy atom. The second-order valence-corrected chi connectivity index (χ2v) is 10.6. The molecule has 10 heteroatoms. The fourth-order valence-electron chi connectivity index (χ4n) is 4.32. The van der Waals surface area contributed by atoms with E-state index in [-0.39, 0.29) is 4.90 Å². The molecule has 1 aromatic heterocycles. The van der Waals surface area contributed by atoms with Gasteiger partial charge in [0.05, 0.1) is 29.7 Å². The Labute approximate surface area is 211 Å². The van der Waals surface area contributed by atoms with Crippen molar-refractivity contribution in [3.05, 3.63) is 59.2 Å². The Kier molecular flexibility index (Phi) is 8.46. The molecule has 1 fully saturated rings. The van der Waals surface area contributed by atoms with Gasteiger partial charge in [-0.15, -0.1) is 0 Å². The molecular weight excluding hydrogens is 488 g/mol. The fourth-order valence-corrected chi connectivity index (χ4v) is 5.75. The third-order valence-corrected chi connectivity index (χ3v) is 8.14. The second-order valence-electron chi connectivity index (χ2n) is 8.47. The highest BCUT2D eigenvalue weighted by molar-refractivity contribution is 7.89. The highest BCUT2D eigenvalue weighted by Gasteiger charge is 2.21. The molecule has 0 amide bonds. The first kappa shape index (κ1) is 25.7. The third kappa shape index (κ3) is 6.23. The van der Waals surface area contributed by atoms with Crippen LogP contribution >= 0.6 is 11.6 Å². The minimum atomic E-state index is -3.67. The quantitative estimate of drug-likeness (QED) is 0.441. The van der Waals surface area contributed by atoms with Gasteiger partial charge in [-0.3, -0.25) is 9.88 Å². The first-order valence-electron chi connectivity index (χ1n) is 11.6. The van der Waals surface area contributed by atoms with E-state index < -0.39 is 10.0 Å². The number of hydrogen-bond donors (Lipinski definition) is 1. The van der Waals surface area contributed by atoms with Gasteiger partial charge >= 0.3 is 0 Å². The van der Waals surface area contributed by atoms with Crippen LogP contribution in [0.15, 0.2) is 53.6 Å². The normalized spacial score (nSPS) is 15.4. The third-order valence-electron chi connectivity index (χ3n) is 6.32. The summed E-state index contributed by atoms with van der Waals surface area (Å²) in [6, 6.07) is 12.6. The summed E-state index contributed by atoms with van der Waals surface area (Å²) in [6.07, 6.45) is 2.54. The second kappa shape index (κ2) is 11.5. The number of fused-ring (bicyclic) bond motifs is 1.